The number of benzene rings is 1. The van der Waals surface area contributed by atoms with E-state index < -0.39 is 0 Å². The second-order valence-corrected chi connectivity index (χ2v) is 6.23. The molecule has 4 nitrogen and oxygen atoms in total. The molecule has 1 aromatic carbocycles. The first-order valence-corrected chi connectivity index (χ1v) is 7.25. The van der Waals surface area contributed by atoms with Crippen LogP contribution in [0.3, 0.4) is 0 Å². The molecule has 1 amide bonds. The van der Waals surface area contributed by atoms with Gasteiger partial charge in [0.05, 0.1) is 10.7 Å². The molecule has 1 aromatic rings. The predicted molar refractivity (Wildman–Crippen MR) is 84.7 cm³/mol. The van der Waals surface area contributed by atoms with Crippen LogP contribution in [0.4, 0.5) is 11.4 Å². The lowest BCUT2D eigenvalue weighted by Gasteiger charge is -2.37. The average molecular weight is 296 g/mol. The lowest BCUT2D eigenvalue weighted by Crippen LogP contribution is -2.40. The Morgan fingerprint density at radius 3 is 2.65 bits per heavy atom. The highest BCUT2D eigenvalue weighted by Crippen LogP contribution is 2.40. The number of anilines is 2. The van der Waals surface area contributed by atoms with Gasteiger partial charge in [0, 0.05) is 23.8 Å². The first-order valence-electron chi connectivity index (χ1n) is 6.87. The molecule has 0 fully saturated rings. The molecule has 1 aliphatic rings. The van der Waals surface area contributed by atoms with Gasteiger partial charge in [-0.3, -0.25) is 4.79 Å². The molecule has 1 aliphatic heterocycles. The van der Waals surface area contributed by atoms with Crippen LogP contribution >= 0.6 is 11.6 Å². The molecule has 1 unspecified atom stereocenters. The van der Waals surface area contributed by atoms with Crippen molar-refractivity contribution in [3.8, 4) is 0 Å². The Hall–Kier alpha value is -1.26. The summed E-state index contributed by atoms with van der Waals surface area (Å²) in [6.07, 6.45) is 1.00. The smallest absolute Gasteiger partial charge is 0.246 e. The van der Waals surface area contributed by atoms with Gasteiger partial charge in [-0.15, -0.1) is 0 Å². The summed E-state index contributed by atoms with van der Waals surface area (Å²) in [5, 5.41) is 6.58. The first-order chi connectivity index (χ1) is 9.31. The summed E-state index contributed by atoms with van der Waals surface area (Å²) in [5.41, 5.74) is 2.69. The number of rotatable bonds is 4. The lowest BCUT2D eigenvalue weighted by atomic mass is 9.98. The Bertz CT molecular complexity index is 542. The van der Waals surface area contributed by atoms with Gasteiger partial charge in [-0.25, -0.2) is 0 Å². The highest BCUT2D eigenvalue weighted by Gasteiger charge is 2.32. The van der Waals surface area contributed by atoms with Crippen molar-refractivity contribution in [1.29, 1.82) is 0 Å². The molecule has 0 aliphatic carbocycles. The number of halogens is 1. The fourth-order valence-electron chi connectivity index (χ4n) is 2.38. The van der Waals surface area contributed by atoms with Crippen LogP contribution in [-0.2, 0) is 4.79 Å². The maximum atomic E-state index is 11.9. The van der Waals surface area contributed by atoms with E-state index >= 15 is 0 Å². The van der Waals surface area contributed by atoms with Gasteiger partial charge in [0.2, 0.25) is 5.91 Å². The van der Waals surface area contributed by atoms with E-state index in [4.69, 9.17) is 11.6 Å². The van der Waals surface area contributed by atoms with Gasteiger partial charge in [-0.2, -0.15) is 0 Å². The molecule has 1 heterocycles. The summed E-state index contributed by atoms with van der Waals surface area (Å²) in [5.74, 6) is -0.0341. The quantitative estimate of drug-likeness (QED) is 0.897. The average Bonchev–Trinajstić information content (AvgIpc) is 2.71. The highest BCUT2D eigenvalue weighted by atomic mass is 35.5. The molecule has 0 saturated heterocycles. The van der Waals surface area contributed by atoms with Crippen molar-refractivity contribution in [2.45, 2.75) is 38.8 Å². The molecular formula is C15H22ClN3O. The van der Waals surface area contributed by atoms with E-state index in [0.29, 0.717) is 5.02 Å². The van der Waals surface area contributed by atoms with Crippen LogP contribution in [0.25, 0.3) is 0 Å². The van der Waals surface area contributed by atoms with Gasteiger partial charge < -0.3 is 15.5 Å². The second-order valence-electron chi connectivity index (χ2n) is 5.83. The van der Waals surface area contributed by atoms with Crippen molar-refractivity contribution in [3.63, 3.8) is 0 Å². The minimum Gasteiger partial charge on any atom is -0.368 e. The molecule has 0 radical (unpaired) electrons. The molecule has 0 saturated carbocycles. The maximum absolute atomic E-state index is 11.9. The van der Waals surface area contributed by atoms with Gasteiger partial charge in [0.15, 0.2) is 0 Å². The van der Waals surface area contributed by atoms with Crippen LogP contribution in [0, 0.1) is 0 Å². The van der Waals surface area contributed by atoms with E-state index in [1.807, 2.05) is 19.2 Å². The Balaban J connectivity index is 2.45. The standard InChI is InChI=1S/C15H22ClN3O/c1-6-15(2,3)19(5)12-8-11-9(7-10(12)16)13(17-4)14(20)18-11/h7-8,13,17H,6H2,1-5H3,(H,18,20). The summed E-state index contributed by atoms with van der Waals surface area (Å²) in [6, 6.07) is 3.53. The number of carbonyl (C=O) groups excluding carboxylic acids is 1. The summed E-state index contributed by atoms with van der Waals surface area (Å²) in [6.45, 7) is 6.49. The van der Waals surface area contributed by atoms with E-state index in [0.717, 1.165) is 23.4 Å². The van der Waals surface area contributed by atoms with Gasteiger partial charge in [0.25, 0.3) is 0 Å². The predicted octanol–water partition coefficient (Wildman–Crippen LogP) is 3.18. The number of hydrogen-bond acceptors (Lipinski definition) is 3. The minimum atomic E-state index is -0.318. The summed E-state index contributed by atoms with van der Waals surface area (Å²) in [7, 11) is 3.80. The van der Waals surface area contributed by atoms with Gasteiger partial charge in [-0.05, 0) is 39.4 Å². The monoisotopic (exact) mass is 295 g/mol. The summed E-state index contributed by atoms with van der Waals surface area (Å²) < 4.78 is 0. The molecule has 0 aromatic heterocycles. The zero-order chi connectivity index (χ0) is 15.1. The Kier molecular flexibility index (Phi) is 3.98. The molecule has 110 valence electrons. The van der Waals surface area contributed by atoms with Gasteiger partial charge in [0.1, 0.15) is 6.04 Å². The largest absolute Gasteiger partial charge is 0.368 e. The molecule has 0 spiro atoms. The van der Waals surface area contributed by atoms with Crippen molar-refractivity contribution in [2.24, 2.45) is 0 Å². The van der Waals surface area contributed by atoms with Crippen LogP contribution < -0.4 is 15.5 Å². The SMILES string of the molecule is CCC(C)(C)N(C)c1cc2c(cc1Cl)C(NC)C(=O)N2. The molecule has 1 atom stereocenters. The number of nitrogens with zero attached hydrogens (tertiary/aromatic N) is 1. The maximum Gasteiger partial charge on any atom is 0.246 e. The second kappa shape index (κ2) is 5.26. The number of nitrogens with one attached hydrogen (secondary N) is 2. The van der Waals surface area contributed by atoms with Crippen molar-refractivity contribution >= 4 is 28.9 Å². The highest BCUT2D eigenvalue weighted by molar-refractivity contribution is 6.33. The lowest BCUT2D eigenvalue weighted by molar-refractivity contribution is -0.117. The van der Waals surface area contributed by atoms with E-state index in [2.05, 4.69) is 36.3 Å². The van der Waals surface area contributed by atoms with Crippen molar-refractivity contribution in [1.82, 2.24) is 5.32 Å². The van der Waals surface area contributed by atoms with Crippen LogP contribution in [0.5, 0.6) is 0 Å². The normalized spacial score (nSPS) is 17.9. The fourth-order valence-corrected chi connectivity index (χ4v) is 2.68. The van der Waals surface area contributed by atoms with Crippen LogP contribution in [0.15, 0.2) is 12.1 Å². The first kappa shape index (κ1) is 15.1. The van der Waals surface area contributed by atoms with E-state index in [1.165, 1.54) is 0 Å². The number of carbonyl (C=O) groups is 1. The Labute approximate surface area is 125 Å². The Morgan fingerprint density at radius 1 is 1.45 bits per heavy atom. The molecule has 5 heteroatoms. The molecule has 20 heavy (non-hydrogen) atoms. The van der Waals surface area contributed by atoms with E-state index in [9.17, 15) is 4.79 Å². The summed E-state index contributed by atoms with van der Waals surface area (Å²) >= 11 is 6.43. The third-order valence-corrected chi connectivity index (χ3v) is 4.68. The van der Waals surface area contributed by atoms with E-state index in [-0.39, 0.29) is 17.5 Å². The molecule has 2 rings (SSSR count). The Morgan fingerprint density at radius 2 is 2.10 bits per heavy atom. The zero-order valence-electron chi connectivity index (χ0n) is 12.7. The van der Waals surface area contributed by atoms with Gasteiger partial charge in [-0.1, -0.05) is 18.5 Å². The number of amides is 1. The fraction of sp³-hybridized carbons (Fsp3) is 0.533. The van der Waals surface area contributed by atoms with Gasteiger partial charge >= 0.3 is 0 Å². The van der Waals surface area contributed by atoms with E-state index in [1.54, 1.807) is 7.05 Å². The molecule has 0 bridgehead atoms. The third-order valence-electron chi connectivity index (χ3n) is 4.37. The summed E-state index contributed by atoms with van der Waals surface area (Å²) in [4.78, 5) is 14.0. The zero-order valence-corrected chi connectivity index (χ0v) is 13.4. The van der Waals surface area contributed by atoms with Crippen LogP contribution in [-0.4, -0.2) is 25.5 Å². The minimum absolute atomic E-state index is 0.00287. The third kappa shape index (κ3) is 2.38. The van der Waals surface area contributed by atoms with Crippen molar-refractivity contribution in [3.05, 3.63) is 22.7 Å². The number of hydrogen-bond donors (Lipinski definition) is 2. The molecular weight excluding hydrogens is 274 g/mol. The van der Waals surface area contributed by atoms with Crippen molar-refractivity contribution in [2.75, 3.05) is 24.3 Å². The number of fused-ring (bicyclic) bond motifs is 1. The van der Waals surface area contributed by atoms with Crippen molar-refractivity contribution < 1.29 is 4.79 Å². The molecule has 2 N–H and O–H groups in total. The van der Waals surface area contributed by atoms with Crippen LogP contribution in [0.1, 0.15) is 38.8 Å². The number of likely N-dealkylation sites (N-methyl/N-ethyl adjacent to an activating group) is 1. The van der Waals surface area contributed by atoms with Crippen LogP contribution in [0.2, 0.25) is 5.02 Å². The topological polar surface area (TPSA) is 44.4 Å².